The van der Waals surface area contributed by atoms with Crippen molar-refractivity contribution in [3.63, 3.8) is 0 Å². The van der Waals surface area contributed by atoms with Gasteiger partial charge in [0, 0.05) is 18.8 Å². The molecule has 11 nitrogen and oxygen atoms in total. The minimum atomic E-state index is -3.68. The van der Waals surface area contributed by atoms with E-state index in [0.29, 0.717) is 24.6 Å². The third kappa shape index (κ3) is 5.49. The van der Waals surface area contributed by atoms with Gasteiger partial charge < -0.3 is 14.8 Å². The van der Waals surface area contributed by atoms with Crippen LogP contribution in [-0.2, 0) is 24.3 Å². The molecule has 0 unspecified atom stereocenters. The van der Waals surface area contributed by atoms with Gasteiger partial charge in [-0.25, -0.2) is 18.1 Å². The van der Waals surface area contributed by atoms with Gasteiger partial charge >= 0.3 is 5.97 Å². The van der Waals surface area contributed by atoms with E-state index in [0.717, 1.165) is 10.5 Å². The number of hydrogen-bond donors (Lipinski definition) is 1. The number of aryl methyl sites for hydroxylation is 1. The maximum atomic E-state index is 13.1. The molecule has 0 radical (unpaired) electrons. The van der Waals surface area contributed by atoms with Crippen molar-refractivity contribution in [1.82, 2.24) is 4.31 Å². The molecule has 1 saturated heterocycles. The first-order chi connectivity index (χ1) is 19.6. The van der Waals surface area contributed by atoms with Gasteiger partial charge in [0.1, 0.15) is 0 Å². The van der Waals surface area contributed by atoms with Crippen LogP contribution in [0.3, 0.4) is 0 Å². The Morgan fingerprint density at radius 2 is 1.59 bits per heavy atom. The van der Waals surface area contributed by atoms with Crippen LogP contribution >= 0.6 is 0 Å². The Labute approximate surface area is 236 Å². The van der Waals surface area contributed by atoms with E-state index in [9.17, 15) is 27.6 Å². The molecule has 41 heavy (non-hydrogen) atoms. The molecule has 12 heteroatoms. The molecule has 0 aliphatic carbocycles. The first kappa shape index (κ1) is 28.1. The van der Waals surface area contributed by atoms with Gasteiger partial charge in [-0.3, -0.25) is 14.4 Å². The average molecular weight is 578 g/mol. The molecule has 212 valence electrons. The normalized spacial score (nSPS) is 16.3. The standard InChI is InChI=1S/C29H27N3O8S/c1-18-5-3-4-6-25(18)32-27(34)23-12-7-20(17-24(23)28(32)35)29(36)40-19(2)26(33)30-21-8-10-22(11-9-21)41(37,38)31-13-15-39-16-14-31/h3-12,17,19H,13-16H2,1-2H3,(H,30,33)/t19-/m1/s1. The summed E-state index contributed by atoms with van der Waals surface area (Å²) in [7, 11) is -3.68. The van der Waals surface area contributed by atoms with E-state index in [1.165, 1.54) is 53.7 Å². The highest BCUT2D eigenvalue weighted by molar-refractivity contribution is 7.89. The lowest BCUT2D eigenvalue weighted by Gasteiger charge is -2.26. The monoisotopic (exact) mass is 577 g/mol. The number of rotatable bonds is 7. The lowest BCUT2D eigenvalue weighted by Crippen LogP contribution is -2.40. The van der Waals surface area contributed by atoms with Gasteiger partial charge in [0.2, 0.25) is 10.0 Å². The van der Waals surface area contributed by atoms with Crippen LogP contribution in [-0.4, -0.2) is 68.8 Å². The summed E-state index contributed by atoms with van der Waals surface area (Å²) in [4.78, 5) is 52.7. The number of hydrogen-bond acceptors (Lipinski definition) is 8. The van der Waals surface area contributed by atoms with Crippen molar-refractivity contribution in [2.45, 2.75) is 24.8 Å². The minimum Gasteiger partial charge on any atom is -0.449 e. The second kappa shape index (κ2) is 11.2. The lowest BCUT2D eigenvalue weighted by molar-refractivity contribution is -0.123. The number of fused-ring (bicyclic) bond motifs is 1. The summed E-state index contributed by atoms with van der Waals surface area (Å²) in [5.41, 5.74) is 1.76. The molecule has 5 rings (SSSR count). The van der Waals surface area contributed by atoms with E-state index in [1.54, 1.807) is 31.2 Å². The molecule has 3 amide bonds. The number of nitrogens with one attached hydrogen (secondary N) is 1. The summed E-state index contributed by atoms with van der Waals surface area (Å²) in [6.07, 6.45) is -1.21. The zero-order valence-electron chi connectivity index (χ0n) is 22.3. The van der Waals surface area contributed by atoms with Crippen molar-refractivity contribution in [3.05, 3.63) is 89.0 Å². The first-order valence-corrected chi connectivity index (χ1v) is 14.3. The van der Waals surface area contributed by atoms with Gasteiger partial charge in [0.05, 0.1) is 40.5 Å². The third-order valence-electron chi connectivity index (χ3n) is 6.86. The number of amides is 3. The van der Waals surface area contributed by atoms with E-state index >= 15 is 0 Å². The number of benzene rings is 3. The predicted octanol–water partition coefficient (Wildman–Crippen LogP) is 3.00. The van der Waals surface area contributed by atoms with Gasteiger partial charge in [0.25, 0.3) is 17.7 Å². The van der Waals surface area contributed by atoms with Crippen molar-refractivity contribution >= 4 is 45.1 Å². The van der Waals surface area contributed by atoms with Crippen molar-refractivity contribution in [2.75, 3.05) is 36.5 Å². The van der Waals surface area contributed by atoms with Gasteiger partial charge in [0.15, 0.2) is 6.10 Å². The topological polar surface area (TPSA) is 139 Å². The largest absolute Gasteiger partial charge is 0.449 e. The van der Waals surface area contributed by atoms with Crippen LogP contribution in [0.4, 0.5) is 11.4 Å². The van der Waals surface area contributed by atoms with Crippen molar-refractivity contribution in [3.8, 4) is 0 Å². The smallest absolute Gasteiger partial charge is 0.338 e. The van der Waals surface area contributed by atoms with Crippen molar-refractivity contribution < 1.29 is 37.1 Å². The Kier molecular flexibility index (Phi) is 7.72. The Hall–Kier alpha value is -4.39. The van der Waals surface area contributed by atoms with E-state index < -0.39 is 39.8 Å². The summed E-state index contributed by atoms with van der Waals surface area (Å²) in [5, 5.41) is 2.59. The molecule has 0 spiro atoms. The van der Waals surface area contributed by atoms with E-state index in [4.69, 9.17) is 9.47 Å². The van der Waals surface area contributed by atoms with Gasteiger partial charge in [-0.05, 0) is 67.9 Å². The zero-order valence-corrected chi connectivity index (χ0v) is 23.1. The SMILES string of the molecule is Cc1ccccc1N1C(=O)c2ccc(C(=O)O[C@H](C)C(=O)Nc3ccc(S(=O)(=O)N4CCOCC4)cc3)cc2C1=O. The second-order valence-corrected chi connectivity index (χ2v) is 11.5. The van der Waals surface area contributed by atoms with Gasteiger partial charge in [-0.1, -0.05) is 18.2 Å². The van der Waals surface area contributed by atoms with Crippen LogP contribution in [0, 0.1) is 6.92 Å². The molecular weight excluding hydrogens is 550 g/mol. The highest BCUT2D eigenvalue weighted by Gasteiger charge is 2.38. The number of carbonyl (C=O) groups is 4. The van der Waals surface area contributed by atoms with Crippen LogP contribution in [0.5, 0.6) is 0 Å². The van der Waals surface area contributed by atoms with Gasteiger partial charge in [-0.15, -0.1) is 0 Å². The van der Waals surface area contributed by atoms with Crippen LogP contribution in [0.25, 0.3) is 0 Å². The lowest BCUT2D eigenvalue weighted by atomic mass is 10.1. The summed E-state index contributed by atoms with van der Waals surface area (Å²) in [6.45, 7) is 4.36. The van der Waals surface area contributed by atoms with Crippen LogP contribution in [0.1, 0.15) is 43.6 Å². The molecule has 2 heterocycles. The number of sulfonamides is 1. The van der Waals surface area contributed by atoms with Crippen LogP contribution in [0.15, 0.2) is 71.6 Å². The number of esters is 1. The first-order valence-electron chi connectivity index (χ1n) is 12.9. The fourth-order valence-electron chi connectivity index (χ4n) is 4.57. The minimum absolute atomic E-state index is 0.00820. The number of nitrogens with zero attached hydrogens (tertiary/aromatic N) is 2. The highest BCUT2D eigenvalue weighted by atomic mass is 32.2. The summed E-state index contributed by atoms with van der Waals surface area (Å²) in [5.74, 6) is -2.54. The Morgan fingerprint density at radius 1 is 0.927 bits per heavy atom. The Morgan fingerprint density at radius 3 is 2.27 bits per heavy atom. The molecule has 1 N–H and O–H groups in total. The van der Waals surface area contributed by atoms with Crippen molar-refractivity contribution in [1.29, 1.82) is 0 Å². The van der Waals surface area contributed by atoms with Gasteiger partial charge in [-0.2, -0.15) is 4.31 Å². The molecule has 3 aromatic carbocycles. The number of para-hydroxylation sites is 1. The zero-order chi connectivity index (χ0) is 29.3. The fourth-order valence-corrected chi connectivity index (χ4v) is 5.98. The number of ether oxygens (including phenoxy) is 2. The molecule has 3 aromatic rings. The average Bonchev–Trinajstić information content (AvgIpc) is 3.22. The predicted molar refractivity (Wildman–Crippen MR) is 148 cm³/mol. The van der Waals surface area contributed by atoms with E-state index in [-0.39, 0.29) is 34.7 Å². The number of morpholine rings is 1. The third-order valence-corrected chi connectivity index (χ3v) is 8.77. The summed E-state index contributed by atoms with van der Waals surface area (Å²) < 4.78 is 37.4. The number of imide groups is 1. The summed E-state index contributed by atoms with van der Waals surface area (Å²) >= 11 is 0. The molecule has 2 aliphatic heterocycles. The molecule has 1 fully saturated rings. The maximum absolute atomic E-state index is 13.1. The Bertz CT molecular complexity index is 1650. The van der Waals surface area contributed by atoms with Crippen LogP contribution in [0.2, 0.25) is 0 Å². The molecule has 0 aromatic heterocycles. The summed E-state index contributed by atoms with van der Waals surface area (Å²) in [6, 6.07) is 16.7. The Balaban J connectivity index is 1.23. The second-order valence-electron chi connectivity index (χ2n) is 9.57. The fraction of sp³-hybridized carbons (Fsp3) is 0.241. The van der Waals surface area contributed by atoms with Crippen molar-refractivity contribution in [2.24, 2.45) is 0 Å². The molecular formula is C29H27N3O8S. The molecule has 0 saturated carbocycles. The van der Waals surface area contributed by atoms with E-state index in [1.807, 2.05) is 0 Å². The number of carbonyl (C=O) groups excluding carboxylic acids is 4. The molecule has 1 atom stereocenters. The molecule has 2 aliphatic rings. The quantitative estimate of drug-likeness (QED) is 0.334. The maximum Gasteiger partial charge on any atom is 0.338 e. The highest BCUT2D eigenvalue weighted by Crippen LogP contribution is 2.31. The molecule has 0 bridgehead atoms. The van der Waals surface area contributed by atoms with Crippen LogP contribution < -0.4 is 10.2 Å². The number of anilines is 2. The van der Waals surface area contributed by atoms with E-state index in [2.05, 4.69) is 5.32 Å².